The van der Waals surface area contributed by atoms with E-state index < -0.39 is 10.0 Å². The van der Waals surface area contributed by atoms with Crippen LogP contribution in [0.15, 0.2) is 47.4 Å². The van der Waals surface area contributed by atoms with Gasteiger partial charge >= 0.3 is 0 Å². The zero-order chi connectivity index (χ0) is 23.0. The monoisotopic (exact) mass is 462 g/mol. The molecule has 3 rings (SSSR count). The highest BCUT2D eigenvalue weighted by atomic mass is 35.5. The number of anilines is 1. The van der Waals surface area contributed by atoms with Crippen LogP contribution >= 0.6 is 11.6 Å². The lowest BCUT2D eigenvalue weighted by molar-refractivity contribution is 0.238. The second-order valence-electron chi connectivity index (χ2n) is 8.54. The molecule has 0 aliphatic carbocycles. The summed E-state index contributed by atoms with van der Waals surface area (Å²) in [6, 6.07) is 11.4. The Morgan fingerprint density at radius 1 is 1.13 bits per heavy atom. The number of aliphatic hydroxyl groups excluding tert-OH is 1. The zero-order valence-corrected chi connectivity index (χ0v) is 19.8. The molecule has 7 nitrogen and oxygen atoms in total. The second-order valence-corrected chi connectivity index (χ2v) is 10.7. The molecule has 1 unspecified atom stereocenters. The molecule has 0 radical (unpaired) electrons. The Bertz CT molecular complexity index is 1180. The molecule has 1 atom stereocenters. The minimum absolute atomic E-state index is 0.0790. The van der Waals surface area contributed by atoms with Crippen LogP contribution in [0, 0.1) is 6.92 Å². The fourth-order valence-corrected chi connectivity index (χ4v) is 4.54. The van der Waals surface area contributed by atoms with Crippen LogP contribution in [-0.4, -0.2) is 34.9 Å². The lowest BCUT2D eigenvalue weighted by atomic mass is 9.87. The maximum atomic E-state index is 13.1. The van der Waals surface area contributed by atoms with Gasteiger partial charge in [-0.05, 0) is 55.2 Å². The van der Waals surface area contributed by atoms with Crippen molar-refractivity contribution in [2.24, 2.45) is 0 Å². The second kappa shape index (κ2) is 8.61. The van der Waals surface area contributed by atoms with Gasteiger partial charge in [-0.25, -0.2) is 8.42 Å². The smallest absolute Gasteiger partial charge is 0.261 e. The van der Waals surface area contributed by atoms with Gasteiger partial charge in [0.1, 0.15) is 5.82 Å². The maximum Gasteiger partial charge on any atom is 0.261 e. The summed E-state index contributed by atoms with van der Waals surface area (Å²) in [4.78, 5) is 0.155. The highest BCUT2D eigenvalue weighted by Gasteiger charge is 2.23. The first-order valence-electron chi connectivity index (χ1n) is 9.89. The van der Waals surface area contributed by atoms with E-state index in [0.29, 0.717) is 27.9 Å². The van der Waals surface area contributed by atoms with E-state index in [0.717, 1.165) is 5.56 Å². The fraction of sp³-hybridized carbons (Fsp3) is 0.364. The Balaban J connectivity index is 2.04. The Kier molecular flexibility index (Phi) is 6.45. The number of benzene rings is 2. The molecule has 1 heterocycles. The van der Waals surface area contributed by atoms with Crippen molar-refractivity contribution in [3.63, 3.8) is 0 Å². The number of aliphatic hydroxyl groups is 1. The van der Waals surface area contributed by atoms with Crippen molar-refractivity contribution in [2.45, 2.75) is 51.0 Å². The first-order chi connectivity index (χ1) is 14.4. The van der Waals surface area contributed by atoms with E-state index in [1.165, 1.54) is 0 Å². The molecule has 3 aromatic rings. The SMILES string of the molecule is Cc1nnc(-c2cc(Cl)ccc2NS(=O)(=O)c2ccc(C(C)(C)C)cc2)n1C(C)CO. The summed E-state index contributed by atoms with van der Waals surface area (Å²) in [6.45, 7) is 9.69. The standard InChI is InChI=1S/C22H27ClN4O3S/c1-14(13-28)27-15(2)24-25-21(27)19-12-17(23)8-11-20(19)26-31(29,30)18-9-6-16(7-10-18)22(3,4)5/h6-12,14,26,28H,13H2,1-5H3. The summed E-state index contributed by atoms with van der Waals surface area (Å²) in [6.07, 6.45) is 0. The predicted octanol–water partition coefficient (Wildman–Crippen LogP) is 4.56. The molecule has 0 amide bonds. The van der Waals surface area contributed by atoms with E-state index in [1.807, 2.05) is 19.1 Å². The number of sulfonamides is 1. The van der Waals surface area contributed by atoms with Gasteiger partial charge in [-0.1, -0.05) is 44.5 Å². The number of halogens is 1. The number of nitrogens with zero attached hydrogens (tertiary/aromatic N) is 3. The third-order valence-electron chi connectivity index (χ3n) is 5.07. The van der Waals surface area contributed by atoms with Gasteiger partial charge in [0.25, 0.3) is 10.0 Å². The third-order valence-corrected chi connectivity index (χ3v) is 6.69. The van der Waals surface area contributed by atoms with E-state index in [4.69, 9.17) is 11.6 Å². The van der Waals surface area contributed by atoms with Gasteiger partial charge in [-0.15, -0.1) is 10.2 Å². The van der Waals surface area contributed by atoms with E-state index >= 15 is 0 Å². The van der Waals surface area contributed by atoms with Crippen LogP contribution in [0.2, 0.25) is 5.02 Å². The molecule has 0 fully saturated rings. The van der Waals surface area contributed by atoms with Crippen LogP contribution < -0.4 is 4.72 Å². The summed E-state index contributed by atoms with van der Waals surface area (Å²) >= 11 is 6.20. The normalized spacial score (nSPS) is 13.3. The first-order valence-corrected chi connectivity index (χ1v) is 11.8. The van der Waals surface area contributed by atoms with E-state index in [-0.39, 0.29) is 23.0 Å². The number of aromatic nitrogens is 3. The van der Waals surface area contributed by atoms with Crippen LogP contribution in [0.1, 0.15) is 45.1 Å². The van der Waals surface area contributed by atoms with Crippen molar-refractivity contribution >= 4 is 27.3 Å². The van der Waals surface area contributed by atoms with Crippen LogP contribution in [0.25, 0.3) is 11.4 Å². The Hall–Kier alpha value is -2.42. The Labute approximate surface area is 188 Å². The molecule has 0 bridgehead atoms. The molecule has 0 saturated heterocycles. The van der Waals surface area contributed by atoms with Crippen molar-refractivity contribution in [1.82, 2.24) is 14.8 Å². The van der Waals surface area contributed by atoms with Crippen molar-refractivity contribution < 1.29 is 13.5 Å². The topological polar surface area (TPSA) is 97.1 Å². The van der Waals surface area contributed by atoms with E-state index in [1.54, 1.807) is 41.8 Å². The van der Waals surface area contributed by atoms with Gasteiger partial charge in [0.15, 0.2) is 5.82 Å². The number of hydrogen-bond donors (Lipinski definition) is 2. The Morgan fingerprint density at radius 3 is 2.35 bits per heavy atom. The van der Waals surface area contributed by atoms with Crippen LogP contribution in [0.4, 0.5) is 5.69 Å². The molecule has 0 aliphatic rings. The average molecular weight is 463 g/mol. The maximum absolute atomic E-state index is 13.1. The minimum atomic E-state index is -3.85. The van der Waals surface area contributed by atoms with Crippen LogP contribution in [0.5, 0.6) is 0 Å². The highest BCUT2D eigenvalue weighted by Crippen LogP contribution is 2.33. The van der Waals surface area contributed by atoms with Crippen molar-refractivity contribution in [3.8, 4) is 11.4 Å². The summed E-state index contributed by atoms with van der Waals surface area (Å²) in [5.74, 6) is 1.02. The Morgan fingerprint density at radius 2 is 1.77 bits per heavy atom. The van der Waals surface area contributed by atoms with Crippen molar-refractivity contribution in [3.05, 3.63) is 58.9 Å². The summed E-state index contributed by atoms with van der Waals surface area (Å²) in [5, 5.41) is 18.4. The van der Waals surface area contributed by atoms with Gasteiger partial charge in [0.2, 0.25) is 0 Å². The molecule has 166 valence electrons. The predicted molar refractivity (Wildman–Crippen MR) is 123 cm³/mol. The van der Waals surface area contributed by atoms with Crippen LogP contribution in [-0.2, 0) is 15.4 Å². The van der Waals surface area contributed by atoms with Gasteiger partial charge in [0.05, 0.1) is 23.2 Å². The van der Waals surface area contributed by atoms with Crippen molar-refractivity contribution in [1.29, 1.82) is 0 Å². The summed E-state index contributed by atoms with van der Waals surface area (Å²) < 4.78 is 30.6. The number of rotatable bonds is 6. The lowest BCUT2D eigenvalue weighted by Gasteiger charge is -2.20. The molecular formula is C22H27ClN4O3S. The summed E-state index contributed by atoms with van der Waals surface area (Å²) in [7, 11) is -3.85. The first kappa shape index (κ1) is 23.2. The van der Waals surface area contributed by atoms with Gasteiger partial charge in [0, 0.05) is 10.6 Å². The molecule has 2 aromatic carbocycles. The van der Waals surface area contributed by atoms with Crippen molar-refractivity contribution in [2.75, 3.05) is 11.3 Å². The van der Waals surface area contributed by atoms with E-state index in [9.17, 15) is 13.5 Å². The van der Waals surface area contributed by atoms with Gasteiger partial charge < -0.3 is 9.67 Å². The average Bonchev–Trinajstić information content (AvgIpc) is 3.09. The molecule has 1 aromatic heterocycles. The molecule has 31 heavy (non-hydrogen) atoms. The van der Waals surface area contributed by atoms with Crippen LogP contribution in [0.3, 0.4) is 0 Å². The number of nitrogens with one attached hydrogen (secondary N) is 1. The molecule has 9 heteroatoms. The minimum Gasteiger partial charge on any atom is -0.394 e. The molecule has 0 aliphatic heterocycles. The third kappa shape index (κ3) is 4.92. The lowest BCUT2D eigenvalue weighted by Crippen LogP contribution is -2.16. The quantitative estimate of drug-likeness (QED) is 0.559. The molecule has 2 N–H and O–H groups in total. The van der Waals surface area contributed by atoms with Gasteiger partial charge in [-0.2, -0.15) is 0 Å². The fourth-order valence-electron chi connectivity index (χ4n) is 3.29. The number of hydrogen-bond acceptors (Lipinski definition) is 5. The van der Waals surface area contributed by atoms with Gasteiger partial charge in [-0.3, -0.25) is 4.72 Å². The molecular weight excluding hydrogens is 436 g/mol. The number of aryl methyl sites for hydroxylation is 1. The largest absolute Gasteiger partial charge is 0.394 e. The molecule has 0 saturated carbocycles. The summed E-state index contributed by atoms with van der Waals surface area (Å²) in [5.41, 5.74) is 1.76. The van der Waals surface area contributed by atoms with E-state index in [2.05, 4.69) is 35.7 Å². The zero-order valence-electron chi connectivity index (χ0n) is 18.2. The highest BCUT2D eigenvalue weighted by molar-refractivity contribution is 7.92. The molecule has 0 spiro atoms.